The summed E-state index contributed by atoms with van der Waals surface area (Å²) in [4.78, 5) is 2.30. The van der Waals surface area contributed by atoms with E-state index in [9.17, 15) is 5.11 Å². The molecule has 1 aliphatic rings. The lowest BCUT2D eigenvalue weighted by atomic mass is 10.0. The van der Waals surface area contributed by atoms with Gasteiger partial charge in [-0.15, -0.1) is 0 Å². The molecule has 0 aromatic heterocycles. The molecule has 0 bridgehead atoms. The second kappa shape index (κ2) is 6.53. The van der Waals surface area contributed by atoms with Crippen molar-refractivity contribution in [1.29, 1.82) is 0 Å². The highest BCUT2D eigenvalue weighted by Gasteiger charge is 2.26. The molecule has 0 radical (unpaired) electrons. The highest BCUT2D eigenvalue weighted by Crippen LogP contribution is 2.19. The molecule has 18 heavy (non-hydrogen) atoms. The molecule has 1 N–H and O–H groups in total. The van der Waals surface area contributed by atoms with Crippen molar-refractivity contribution in [3.05, 3.63) is 34.9 Å². The highest BCUT2D eigenvalue weighted by atomic mass is 35.5. The van der Waals surface area contributed by atoms with Gasteiger partial charge in [0.1, 0.15) is 0 Å². The summed E-state index contributed by atoms with van der Waals surface area (Å²) >= 11 is 6.10. The SMILES string of the molecule is CCN1CCOC(C(O)Cc2ccccc2Cl)C1. The van der Waals surface area contributed by atoms with Gasteiger partial charge in [-0.2, -0.15) is 0 Å². The lowest BCUT2D eigenvalue weighted by Crippen LogP contribution is -2.48. The normalized spacial score (nSPS) is 22.9. The minimum Gasteiger partial charge on any atom is -0.390 e. The number of nitrogens with zero attached hydrogens (tertiary/aromatic N) is 1. The van der Waals surface area contributed by atoms with Crippen molar-refractivity contribution in [3.63, 3.8) is 0 Å². The third kappa shape index (κ3) is 3.45. The molecule has 3 nitrogen and oxygen atoms in total. The van der Waals surface area contributed by atoms with Crippen molar-refractivity contribution in [3.8, 4) is 0 Å². The summed E-state index contributed by atoms with van der Waals surface area (Å²) in [6.07, 6.45) is -0.0729. The Morgan fingerprint density at radius 1 is 1.50 bits per heavy atom. The van der Waals surface area contributed by atoms with Gasteiger partial charge >= 0.3 is 0 Å². The maximum absolute atomic E-state index is 10.3. The first-order valence-corrected chi connectivity index (χ1v) is 6.84. The van der Waals surface area contributed by atoms with Crippen LogP contribution in [0, 0.1) is 0 Å². The molecule has 1 aliphatic heterocycles. The first-order valence-electron chi connectivity index (χ1n) is 6.46. The van der Waals surface area contributed by atoms with Crippen molar-refractivity contribution in [2.75, 3.05) is 26.2 Å². The summed E-state index contributed by atoms with van der Waals surface area (Å²) in [5.41, 5.74) is 0.976. The Morgan fingerprint density at radius 2 is 2.28 bits per heavy atom. The first-order chi connectivity index (χ1) is 8.70. The Bertz CT molecular complexity index is 386. The van der Waals surface area contributed by atoms with Gasteiger partial charge in [-0.1, -0.05) is 36.7 Å². The van der Waals surface area contributed by atoms with Crippen LogP contribution in [-0.2, 0) is 11.2 Å². The van der Waals surface area contributed by atoms with E-state index in [1.807, 2.05) is 24.3 Å². The second-order valence-electron chi connectivity index (χ2n) is 4.67. The molecular formula is C14H20ClNO2. The molecule has 0 saturated carbocycles. The number of rotatable bonds is 4. The van der Waals surface area contributed by atoms with Crippen LogP contribution in [0.1, 0.15) is 12.5 Å². The smallest absolute Gasteiger partial charge is 0.0964 e. The third-order valence-electron chi connectivity index (χ3n) is 3.44. The van der Waals surface area contributed by atoms with Gasteiger partial charge in [-0.3, -0.25) is 4.90 Å². The monoisotopic (exact) mass is 269 g/mol. The highest BCUT2D eigenvalue weighted by molar-refractivity contribution is 6.31. The average Bonchev–Trinajstić information content (AvgIpc) is 2.41. The van der Waals surface area contributed by atoms with Crippen molar-refractivity contribution in [1.82, 2.24) is 4.90 Å². The Kier molecular flexibility index (Phi) is 5.01. The van der Waals surface area contributed by atoms with Gasteiger partial charge < -0.3 is 9.84 Å². The van der Waals surface area contributed by atoms with Crippen LogP contribution < -0.4 is 0 Å². The van der Waals surface area contributed by atoms with Crippen LogP contribution in [-0.4, -0.2) is 48.5 Å². The van der Waals surface area contributed by atoms with E-state index in [4.69, 9.17) is 16.3 Å². The summed E-state index contributed by atoms with van der Waals surface area (Å²) < 4.78 is 5.65. The van der Waals surface area contributed by atoms with Crippen LogP contribution in [0.3, 0.4) is 0 Å². The second-order valence-corrected chi connectivity index (χ2v) is 5.07. The summed E-state index contributed by atoms with van der Waals surface area (Å²) in [7, 11) is 0. The molecule has 2 unspecified atom stereocenters. The molecule has 4 heteroatoms. The van der Waals surface area contributed by atoms with Gasteiger partial charge in [0.15, 0.2) is 0 Å². The maximum Gasteiger partial charge on any atom is 0.0964 e. The van der Waals surface area contributed by atoms with Crippen LogP contribution in [0.25, 0.3) is 0 Å². The van der Waals surface area contributed by atoms with Crippen LogP contribution >= 0.6 is 11.6 Å². The molecule has 0 amide bonds. The number of benzene rings is 1. The summed E-state index contributed by atoms with van der Waals surface area (Å²) in [5.74, 6) is 0. The van der Waals surface area contributed by atoms with Crippen molar-refractivity contribution >= 4 is 11.6 Å². The molecule has 0 aliphatic carbocycles. The first kappa shape index (κ1) is 13.8. The van der Waals surface area contributed by atoms with E-state index in [-0.39, 0.29) is 6.10 Å². The van der Waals surface area contributed by atoms with Crippen LogP contribution in [0.5, 0.6) is 0 Å². The fraction of sp³-hybridized carbons (Fsp3) is 0.571. The largest absolute Gasteiger partial charge is 0.390 e. The molecular weight excluding hydrogens is 250 g/mol. The van der Waals surface area contributed by atoms with Gasteiger partial charge in [-0.25, -0.2) is 0 Å². The maximum atomic E-state index is 10.3. The molecule has 2 atom stereocenters. The zero-order valence-corrected chi connectivity index (χ0v) is 11.4. The van der Waals surface area contributed by atoms with E-state index in [2.05, 4.69) is 11.8 Å². The Balaban J connectivity index is 1.95. The zero-order valence-electron chi connectivity index (χ0n) is 10.7. The molecule has 1 fully saturated rings. The number of aliphatic hydroxyl groups is 1. The molecule has 1 aromatic rings. The van der Waals surface area contributed by atoms with Crippen molar-refractivity contribution < 1.29 is 9.84 Å². The van der Waals surface area contributed by atoms with Crippen molar-refractivity contribution in [2.45, 2.75) is 25.6 Å². The fourth-order valence-electron chi connectivity index (χ4n) is 2.27. The Labute approximate surface area is 113 Å². The third-order valence-corrected chi connectivity index (χ3v) is 3.81. The van der Waals surface area contributed by atoms with E-state index < -0.39 is 6.10 Å². The lowest BCUT2D eigenvalue weighted by molar-refractivity contribution is -0.0867. The minimum absolute atomic E-state index is 0.116. The molecule has 0 spiro atoms. The number of aliphatic hydroxyl groups excluding tert-OH is 1. The van der Waals surface area contributed by atoms with Gasteiger partial charge in [0.25, 0.3) is 0 Å². The number of hydrogen-bond donors (Lipinski definition) is 1. The quantitative estimate of drug-likeness (QED) is 0.907. The molecule has 1 saturated heterocycles. The van der Waals surface area contributed by atoms with Crippen LogP contribution in [0.4, 0.5) is 0 Å². The summed E-state index contributed by atoms with van der Waals surface area (Å²) in [6, 6.07) is 7.64. The zero-order chi connectivity index (χ0) is 13.0. The molecule has 1 aromatic carbocycles. The standard InChI is InChI=1S/C14H20ClNO2/c1-2-16-7-8-18-14(10-16)13(17)9-11-5-3-4-6-12(11)15/h3-6,13-14,17H,2,7-10H2,1H3. The van der Waals surface area contributed by atoms with Crippen molar-refractivity contribution in [2.24, 2.45) is 0 Å². The van der Waals surface area contributed by atoms with Crippen LogP contribution in [0.15, 0.2) is 24.3 Å². The number of halogens is 1. The summed E-state index contributed by atoms with van der Waals surface area (Å²) in [5, 5.41) is 11.0. The van der Waals surface area contributed by atoms with Gasteiger partial charge in [0, 0.05) is 24.5 Å². The number of likely N-dealkylation sites (N-methyl/N-ethyl adjacent to an activating group) is 1. The fourth-order valence-corrected chi connectivity index (χ4v) is 2.49. The molecule has 100 valence electrons. The minimum atomic E-state index is -0.501. The number of morpholine rings is 1. The number of hydrogen-bond acceptors (Lipinski definition) is 3. The summed E-state index contributed by atoms with van der Waals surface area (Å²) in [6.45, 7) is 5.56. The van der Waals surface area contributed by atoms with E-state index in [1.54, 1.807) is 0 Å². The topological polar surface area (TPSA) is 32.7 Å². The van der Waals surface area contributed by atoms with Crippen LogP contribution in [0.2, 0.25) is 5.02 Å². The Hall–Kier alpha value is -0.610. The molecule has 2 rings (SSSR count). The molecule has 1 heterocycles. The predicted molar refractivity (Wildman–Crippen MR) is 73.0 cm³/mol. The van der Waals surface area contributed by atoms with E-state index in [0.717, 1.165) is 25.2 Å². The average molecular weight is 270 g/mol. The van der Waals surface area contributed by atoms with Gasteiger partial charge in [0.2, 0.25) is 0 Å². The van der Waals surface area contributed by atoms with E-state index >= 15 is 0 Å². The van der Waals surface area contributed by atoms with E-state index in [0.29, 0.717) is 18.1 Å². The predicted octanol–water partition coefficient (Wildman–Crippen LogP) is 1.96. The Morgan fingerprint density at radius 3 is 3.00 bits per heavy atom. The van der Waals surface area contributed by atoms with Gasteiger partial charge in [-0.05, 0) is 18.2 Å². The van der Waals surface area contributed by atoms with Gasteiger partial charge in [0.05, 0.1) is 18.8 Å². The number of ether oxygens (including phenoxy) is 1. The van der Waals surface area contributed by atoms with E-state index in [1.165, 1.54) is 0 Å². The lowest BCUT2D eigenvalue weighted by Gasteiger charge is -2.34.